The standard InChI is InChI=1S/C13H18N4O3/c1-14-9-12-3-2-8-16(12)13(18)15-10-4-6-11(7-5-10)17(19)20/h4-7,12,14H,2-3,8-9H2,1H3,(H,15,18). The number of nitrogens with one attached hydrogen (secondary N) is 2. The number of amides is 2. The van der Waals surface area contributed by atoms with Crippen LogP contribution in [0.4, 0.5) is 16.2 Å². The van der Waals surface area contributed by atoms with Crippen molar-refractivity contribution in [1.82, 2.24) is 10.2 Å². The van der Waals surface area contributed by atoms with Crippen LogP contribution in [0.5, 0.6) is 0 Å². The fourth-order valence-corrected chi connectivity index (χ4v) is 2.41. The normalized spacial score (nSPS) is 18.1. The number of carbonyl (C=O) groups is 1. The zero-order valence-corrected chi connectivity index (χ0v) is 11.3. The third-order valence-electron chi connectivity index (χ3n) is 3.41. The number of nitro benzene ring substituents is 1. The lowest BCUT2D eigenvalue weighted by molar-refractivity contribution is -0.384. The zero-order chi connectivity index (χ0) is 14.5. The van der Waals surface area contributed by atoms with Crippen LogP contribution in [0.25, 0.3) is 0 Å². The summed E-state index contributed by atoms with van der Waals surface area (Å²) in [5, 5.41) is 16.4. The third kappa shape index (κ3) is 3.24. The fraction of sp³-hybridized carbons (Fsp3) is 0.462. The summed E-state index contributed by atoms with van der Waals surface area (Å²) in [6.07, 6.45) is 1.99. The number of hydrogen-bond acceptors (Lipinski definition) is 4. The molecular weight excluding hydrogens is 260 g/mol. The summed E-state index contributed by atoms with van der Waals surface area (Å²) in [4.78, 5) is 24.1. The van der Waals surface area contributed by atoms with Crippen molar-refractivity contribution in [3.8, 4) is 0 Å². The first kappa shape index (κ1) is 14.3. The first-order valence-electron chi connectivity index (χ1n) is 6.58. The lowest BCUT2D eigenvalue weighted by Crippen LogP contribution is -2.43. The van der Waals surface area contributed by atoms with Crippen molar-refractivity contribution in [3.63, 3.8) is 0 Å². The number of likely N-dealkylation sites (N-methyl/N-ethyl adjacent to an activating group) is 1. The molecule has 7 nitrogen and oxygen atoms in total. The van der Waals surface area contributed by atoms with Crippen LogP contribution in [0.3, 0.4) is 0 Å². The van der Waals surface area contributed by atoms with Gasteiger partial charge >= 0.3 is 6.03 Å². The van der Waals surface area contributed by atoms with E-state index in [2.05, 4.69) is 10.6 Å². The number of hydrogen-bond donors (Lipinski definition) is 2. The Kier molecular flexibility index (Phi) is 4.52. The van der Waals surface area contributed by atoms with Gasteiger partial charge in [-0.2, -0.15) is 0 Å². The summed E-state index contributed by atoms with van der Waals surface area (Å²) < 4.78 is 0. The van der Waals surface area contributed by atoms with Crippen LogP contribution in [-0.2, 0) is 0 Å². The molecule has 1 heterocycles. The van der Waals surface area contributed by atoms with Gasteiger partial charge in [-0.25, -0.2) is 4.79 Å². The van der Waals surface area contributed by atoms with E-state index in [9.17, 15) is 14.9 Å². The monoisotopic (exact) mass is 278 g/mol. The maximum Gasteiger partial charge on any atom is 0.322 e. The van der Waals surface area contributed by atoms with Crippen LogP contribution in [0.2, 0.25) is 0 Å². The van der Waals surface area contributed by atoms with Crippen molar-refractivity contribution in [2.45, 2.75) is 18.9 Å². The predicted octanol–water partition coefficient (Wildman–Crippen LogP) is 1.81. The molecule has 0 aliphatic carbocycles. The van der Waals surface area contributed by atoms with Crippen molar-refractivity contribution < 1.29 is 9.72 Å². The van der Waals surface area contributed by atoms with Gasteiger partial charge < -0.3 is 15.5 Å². The smallest absolute Gasteiger partial charge is 0.320 e. The molecule has 0 aromatic heterocycles. The van der Waals surface area contributed by atoms with E-state index in [4.69, 9.17) is 0 Å². The quantitative estimate of drug-likeness (QED) is 0.649. The molecule has 2 rings (SSSR count). The molecule has 1 aliphatic rings. The molecule has 1 aliphatic heterocycles. The highest BCUT2D eigenvalue weighted by molar-refractivity contribution is 5.89. The molecular formula is C13H18N4O3. The highest BCUT2D eigenvalue weighted by atomic mass is 16.6. The first-order valence-corrected chi connectivity index (χ1v) is 6.58. The van der Waals surface area contributed by atoms with Crippen LogP contribution >= 0.6 is 0 Å². The van der Waals surface area contributed by atoms with Crippen molar-refractivity contribution in [2.75, 3.05) is 25.5 Å². The van der Waals surface area contributed by atoms with E-state index in [0.717, 1.165) is 25.9 Å². The average Bonchev–Trinajstić information content (AvgIpc) is 2.88. The van der Waals surface area contributed by atoms with Crippen molar-refractivity contribution in [3.05, 3.63) is 34.4 Å². The van der Waals surface area contributed by atoms with Crippen molar-refractivity contribution in [2.24, 2.45) is 0 Å². The minimum absolute atomic E-state index is 0.0113. The Morgan fingerprint density at radius 2 is 2.15 bits per heavy atom. The zero-order valence-electron chi connectivity index (χ0n) is 11.3. The SMILES string of the molecule is CNCC1CCCN1C(=O)Nc1ccc([N+](=O)[O-])cc1. The van der Waals surface area contributed by atoms with Crippen LogP contribution in [0.1, 0.15) is 12.8 Å². The Balaban J connectivity index is 1.98. The molecule has 2 amide bonds. The number of non-ortho nitro benzene ring substituents is 1. The highest BCUT2D eigenvalue weighted by Crippen LogP contribution is 2.20. The van der Waals surface area contributed by atoms with E-state index >= 15 is 0 Å². The molecule has 20 heavy (non-hydrogen) atoms. The maximum atomic E-state index is 12.2. The number of likely N-dealkylation sites (tertiary alicyclic amines) is 1. The van der Waals surface area contributed by atoms with Gasteiger partial charge in [-0.3, -0.25) is 10.1 Å². The first-order chi connectivity index (χ1) is 9.61. The number of carbonyl (C=O) groups excluding carboxylic acids is 1. The summed E-state index contributed by atoms with van der Waals surface area (Å²) in [5.74, 6) is 0. The van der Waals surface area contributed by atoms with Gasteiger partial charge in [0.2, 0.25) is 0 Å². The number of benzene rings is 1. The van der Waals surface area contributed by atoms with E-state index in [1.54, 1.807) is 17.0 Å². The molecule has 0 saturated carbocycles. The summed E-state index contributed by atoms with van der Waals surface area (Å²) in [5.41, 5.74) is 0.577. The van der Waals surface area contributed by atoms with E-state index < -0.39 is 4.92 Å². The van der Waals surface area contributed by atoms with Gasteiger partial charge in [0.15, 0.2) is 0 Å². The average molecular weight is 278 g/mol. The maximum absolute atomic E-state index is 12.2. The number of rotatable bonds is 4. The lowest BCUT2D eigenvalue weighted by Gasteiger charge is -2.24. The number of urea groups is 1. The lowest BCUT2D eigenvalue weighted by atomic mass is 10.2. The minimum atomic E-state index is -0.463. The predicted molar refractivity (Wildman–Crippen MR) is 75.8 cm³/mol. The molecule has 0 radical (unpaired) electrons. The van der Waals surface area contributed by atoms with Crippen LogP contribution in [-0.4, -0.2) is 42.0 Å². The second-order valence-corrected chi connectivity index (χ2v) is 4.78. The Bertz CT molecular complexity index is 489. The molecule has 1 unspecified atom stereocenters. The molecule has 1 aromatic rings. The summed E-state index contributed by atoms with van der Waals surface area (Å²) in [6.45, 7) is 1.51. The summed E-state index contributed by atoms with van der Waals surface area (Å²) in [6, 6.07) is 5.89. The van der Waals surface area contributed by atoms with Gasteiger partial charge in [0, 0.05) is 37.0 Å². The molecule has 108 valence electrons. The molecule has 1 saturated heterocycles. The highest BCUT2D eigenvalue weighted by Gasteiger charge is 2.28. The van der Waals surface area contributed by atoms with Gasteiger partial charge in [0.25, 0.3) is 5.69 Å². The Morgan fingerprint density at radius 3 is 2.75 bits per heavy atom. The molecule has 1 fully saturated rings. The van der Waals surface area contributed by atoms with Crippen LogP contribution < -0.4 is 10.6 Å². The Hall–Kier alpha value is -2.15. The number of nitrogens with zero attached hydrogens (tertiary/aromatic N) is 2. The molecule has 2 N–H and O–H groups in total. The number of nitro groups is 1. The fourth-order valence-electron chi connectivity index (χ4n) is 2.41. The van der Waals surface area contributed by atoms with Gasteiger partial charge in [-0.05, 0) is 32.0 Å². The van der Waals surface area contributed by atoms with Gasteiger partial charge in [-0.1, -0.05) is 0 Å². The summed E-state index contributed by atoms with van der Waals surface area (Å²) in [7, 11) is 1.87. The minimum Gasteiger partial charge on any atom is -0.320 e. The molecule has 0 spiro atoms. The van der Waals surface area contributed by atoms with E-state index in [0.29, 0.717) is 5.69 Å². The van der Waals surface area contributed by atoms with E-state index in [1.165, 1.54) is 12.1 Å². The molecule has 7 heteroatoms. The van der Waals surface area contributed by atoms with Crippen molar-refractivity contribution >= 4 is 17.4 Å². The van der Waals surface area contributed by atoms with Gasteiger partial charge in [-0.15, -0.1) is 0 Å². The summed E-state index contributed by atoms with van der Waals surface area (Å²) >= 11 is 0. The van der Waals surface area contributed by atoms with E-state index in [-0.39, 0.29) is 17.8 Å². The second-order valence-electron chi connectivity index (χ2n) is 4.78. The molecule has 0 bridgehead atoms. The van der Waals surface area contributed by atoms with Crippen LogP contribution in [0.15, 0.2) is 24.3 Å². The topological polar surface area (TPSA) is 87.5 Å². The van der Waals surface area contributed by atoms with Gasteiger partial charge in [0.05, 0.1) is 4.92 Å². The third-order valence-corrected chi connectivity index (χ3v) is 3.41. The van der Waals surface area contributed by atoms with E-state index in [1.807, 2.05) is 7.05 Å². The Morgan fingerprint density at radius 1 is 1.45 bits per heavy atom. The number of anilines is 1. The van der Waals surface area contributed by atoms with Crippen molar-refractivity contribution in [1.29, 1.82) is 0 Å². The largest absolute Gasteiger partial charge is 0.322 e. The van der Waals surface area contributed by atoms with Gasteiger partial charge in [0.1, 0.15) is 0 Å². The second kappa shape index (κ2) is 6.33. The van der Waals surface area contributed by atoms with Crippen LogP contribution in [0, 0.1) is 10.1 Å². The molecule has 1 atom stereocenters. The Labute approximate surface area is 117 Å². The molecule has 1 aromatic carbocycles.